The van der Waals surface area contributed by atoms with Gasteiger partial charge in [0.2, 0.25) is 11.1 Å². The lowest BCUT2D eigenvalue weighted by atomic mass is 10.2. The van der Waals surface area contributed by atoms with Crippen LogP contribution in [0.25, 0.3) is 34.0 Å². The lowest BCUT2D eigenvalue weighted by Gasteiger charge is -2.07. The Morgan fingerprint density at radius 3 is 2.91 bits per heavy atom. The Labute approximate surface area is 190 Å². The van der Waals surface area contributed by atoms with Crippen LogP contribution in [0.1, 0.15) is 13.3 Å². The van der Waals surface area contributed by atoms with E-state index in [0.29, 0.717) is 58.3 Å². The molecule has 0 fully saturated rings. The van der Waals surface area contributed by atoms with Crippen molar-refractivity contribution in [3.63, 3.8) is 0 Å². The first kappa shape index (κ1) is 19.7. The van der Waals surface area contributed by atoms with E-state index in [1.54, 1.807) is 16.8 Å². The topological polar surface area (TPSA) is 125 Å². The van der Waals surface area contributed by atoms with E-state index < -0.39 is 0 Å². The zero-order chi connectivity index (χ0) is 22.4. The Balaban J connectivity index is 1.44. The van der Waals surface area contributed by atoms with E-state index in [9.17, 15) is 4.79 Å². The summed E-state index contributed by atoms with van der Waals surface area (Å²) in [6.07, 6.45) is 3.98. The van der Waals surface area contributed by atoms with Gasteiger partial charge in [-0.05, 0) is 30.0 Å². The molecule has 166 valence electrons. The molecule has 1 aliphatic rings. The molecule has 0 bridgehead atoms. The molecule has 1 N–H and O–H groups in total. The Morgan fingerprint density at radius 2 is 2.03 bits per heavy atom. The molecule has 5 heterocycles. The maximum atomic E-state index is 13.1. The largest absolute Gasteiger partial charge is 0.490 e. The fraction of sp³-hybridized carbons (Fsp3) is 0.238. The molecular formula is C21H18N8O3S. The third-order valence-electron chi connectivity index (χ3n) is 5.19. The van der Waals surface area contributed by atoms with Crippen LogP contribution in [0.4, 0.5) is 0 Å². The van der Waals surface area contributed by atoms with Crippen molar-refractivity contribution < 1.29 is 9.47 Å². The summed E-state index contributed by atoms with van der Waals surface area (Å²) in [6.45, 7) is 3.23. The number of H-pyrrole nitrogens is 1. The fourth-order valence-corrected chi connectivity index (χ4v) is 4.17. The number of ether oxygens (including phenoxy) is 2. The van der Waals surface area contributed by atoms with Crippen LogP contribution >= 0.6 is 11.8 Å². The number of nitrogens with one attached hydrogen (secondary N) is 1. The first-order valence-electron chi connectivity index (χ1n) is 10.4. The summed E-state index contributed by atoms with van der Waals surface area (Å²) in [5, 5.41) is 12.5. The van der Waals surface area contributed by atoms with Gasteiger partial charge in [-0.3, -0.25) is 9.36 Å². The molecule has 0 saturated heterocycles. The summed E-state index contributed by atoms with van der Waals surface area (Å²) in [5.41, 5.74) is 1.09. The first-order chi connectivity index (χ1) is 16.2. The molecule has 0 unspecified atom stereocenters. The maximum absolute atomic E-state index is 13.1. The van der Waals surface area contributed by atoms with Gasteiger partial charge in [0.05, 0.1) is 24.1 Å². The third-order valence-corrected chi connectivity index (χ3v) is 5.92. The first-order valence-corrected chi connectivity index (χ1v) is 11.4. The Hall–Kier alpha value is -3.93. The Morgan fingerprint density at radius 1 is 1.15 bits per heavy atom. The van der Waals surface area contributed by atoms with Gasteiger partial charge in [0.15, 0.2) is 17.3 Å². The maximum Gasteiger partial charge on any atom is 0.268 e. The second-order valence-electron chi connectivity index (χ2n) is 7.28. The molecule has 1 aromatic carbocycles. The lowest BCUT2D eigenvalue weighted by molar-refractivity contribution is 0.297. The van der Waals surface area contributed by atoms with E-state index >= 15 is 0 Å². The number of fused-ring (bicyclic) bond motifs is 4. The number of hydrogen-bond donors (Lipinski definition) is 1. The second-order valence-corrected chi connectivity index (χ2v) is 8.51. The fourth-order valence-electron chi connectivity index (χ4n) is 3.65. The summed E-state index contributed by atoms with van der Waals surface area (Å²) in [7, 11) is 0. The molecule has 0 aliphatic carbocycles. The molecule has 1 aliphatic heterocycles. The SMILES string of the molecule is CCSc1n[nH]c(-n2ccc3c(cnc4nc(-c5ccc6c(c5)OCCCO6)nn43)c2=O)n1. The van der Waals surface area contributed by atoms with E-state index in [-0.39, 0.29) is 5.56 Å². The minimum absolute atomic E-state index is 0.279. The van der Waals surface area contributed by atoms with E-state index in [1.165, 1.54) is 22.5 Å². The van der Waals surface area contributed by atoms with E-state index in [0.717, 1.165) is 17.7 Å². The van der Waals surface area contributed by atoms with Gasteiger partial charge in [-0.15, -0.1) is 10.2 Å². The van der Waals surface area contributed by atoms with Crippen molar-refractivity contribution in [3.05, 3.63) is 47.0 Å². The number of hydrogen-bond acceptors (Lipinski definition) is 9. The summed E-state index contributed by atoms with van der Waals surface area (Å²) in [5.74, 6) is 3.43. The number of pyridine rings is 1. The molecule has 11 nitrogen and oxygen atoms in total. The Bertz CT molecular complexity index is 1560. The van der Waals surface area contributed by atoms with Gasteiger partial charge in [-0.1, -0.05) is 18.7 Å². The minimum Gasteiger partial charge on any atom is -0.490 e. The van der Waals surface area contributed by atoms with Crippen LogP contribution < -0.4 is 15.0 Å². The minimum atomic E-state index is -0.279. The van der Waals surface area contributed by atoms with E-state index in [4.69, 9.17) is 9.47 Å². The van der Waals surface area contributed by atoms with E-state index in [1.807, 2.05) is 25.1 Å². The third kappa shape index (κ3) is 3.39. The molecule has 33 heavy (non-hydrogen) atoms. The number of aromatic nitrogens is 8. The number of thioether (sulfide) groups is 1. The summed E-state index contributed by atoms with van der Waals surface area (Å²) < 4.78 is 14.5. The Kier molecular flexibility index (Phi) is 4.72. The molecule has 0 atom stereocenters. The van der Waals surface area contributed by atoms with Crippen LogP contribution in [0.2, 0.25) is 0 Å². The van der Waals surface area contributed by atoms with E-state index in [2.05, 4.69) is 30.2 Å². The molecule has 0 saturated carbocycles. The van der Waals surface area contributed by atoms with Gasteiger partial charge < -0.3 is 9.47 Å². The van der Waals surface area contributed by atoms with Gasteiger partial charge in [0.25, 0.3) is 11.3 Å². The second kappa shape index (κ2) is 7.89. The number of rotatable bonds is 4. The van der Waals surface area contributed by atoms with Crippen LogP contribution in [-0.2, 0) is 0 Å². The zero-order valence-electron chi connectivity index (χ0n) is 17.6. The monoisotopic (exact) mass is 462 g/mol. The van der Waals surface area contributed by atoms with Crippen molar-refractivity contribution in [3.8, 4) is 28.8 Å². The number of aromatic amines is 1. The van der Waals surface area contributed by atoms with Crippen LogP contribution in [0.5, 0.6) is 11.5 Å². The van der Waals surface area contributed by atoms with Crippen LogP contribution in [0.15, 0.2) is 46.6 Å². The average Bonchev–Trinajstić information content (AvgIpc) is 3.40. The van der Waals surface area contributed by atoms with Crippen LogP contribution in [0.3, 0.4) is 0 Å². The average molecular weight is 462 g/mol. The molecule has 0 amide bonds. The predicted molar refractivity (Wildman–Crippen MR) is 121 cm³/mol. The van der Waals surface area contributed by atoms with Gasteiger partial charge in [0.1, 0.15) is 0 Å². The normalized spacial score (nSPS) is 13.5. The van der Waals surface area contributed by atoms with Gasteiger partial charge in [-0.25, -0.2) is 10.1 Å². The predicted octanol–water partition coefficient (Wildman–Crippen LogP) is 2.49. The molecule has 4 aromatic heterocycles. The molecular weight excluding hydrogens is 444 g/mol. The highest BCUT2D eigenvalue weighted by molar-refractivity contribution is 7.99. The summed E-state index contributed by atoms with van der Waals surface area (Å²) >= 11 is 1.49. The van der Waals surface area contributed by atoms with Crippen molar-refractivity contribution in [1.29, 1.82) is 0 Å². The quantitative estimate of drug-likeness (QED) is 0.401. The zero-order valence-corrected chi connectivity index (χ0v) is 18.4. The van der Waals surface area contributed by atoms with Gasteiger partial charge in [-0.2, -0.15) is 14.5 Å². The van der Waals surface area contributed by atoms with Crippen molar-refractivity contribution in [2.75, 3.05) is 19.0 Å². The molecule has 6 rings (SSSR count). The van der Waals surface area contributed by atoms with Crippen molar-refractivity contribution in [2.45, 2.75) is 18.5 Å². The van der Waals surface area contributed by atoms with Gasteiger partial charge in [0, 0.05) is 24.4 Å². The molecule has 12 heteroatoms. The highest BCUT2D eigenvalue weighted by atomic mass is 32.2. The standard InChI is InChI=1S/C21H18N8O3S/c1-2-33-21-24-20(25-26-21)28-7-6-14-13(18(28)30)11-22-19-23-17(27-29(14)19)12-4-5-15-16(10-12)32-9-3-8-31-15/h4-7,10-11H,2-3,8-9H2,1H3,(H,24,25,26). The number of benzene rings is 1. The van der Waals surface area contributed by atoms with Gasteiger partial charge >= 0.3 is 0 Å². The highest BCUT2D eigenvalue weighted by Crippen LogP contribution is 2.33. The smallest absolute Gasteiger partial charge is 0.268 e. The van der Waals surface area contributed by atoms with Crippen molar-refractivity contribution >= 4 is 28.4 Å². The molecule has 0 radical (unpaired) electrons. The van der Waals surface area contributed by atoms with Crippen LogP contribution in [-0.4, -0.2) is 58.3 Å². The summed E-state index contributed by atoms with van der Waals surface area (Å²) in [4.78, 5) is 26.4. The summed E-state index contributed by atoms with van der Waals surface area (Å²) in [6, 6.07) is 7.38. The molecule has 5 aromatic rings. The van der Waals surface area contributed by atoms with Crippen LogP contribution in [0, 0.1) is 0 Å². The number of nitrogens with zero attached hydrogens (tertiary/aromatic N) is 7. The lowest BCUT2D eigenvalue weighted by Crippen LogP contribution is -2.20. The molecule has 0 spiro atoms. The highest BCUT2D eigenvalue weighted by Gasteiger charge is 2.17. The van der Waals surface area contributed by atoms with Crippen molar-refractivity contribution in [2.24, 2.45) is 0 Å². The van der Waals surface area contributed by atoms with Crippen molar-refractivity contribution in [1.82, 2.24) is 39.3 Å².